The highest BCUT2D eigenvalue weighted by atomic mass is 35.5. The van der Waals surface area contributed by atoms with Crippen molar-refractivity contribution in [3.05, 3.63) is 53.1 Å². The average Bonchev–Trinajstić information content (AvgIpc) is 3.31. The van der Waals surface area contributed by atoms with Gasteiger partial charge in [-0.1, -0.05) is 24.6 Å². The summed E-state index contributed by atoms with van der Waals surface area (Å²) >= 11 is 5.92. The van der Waals surface area contributed by atoms with Crippen molar-refractivity contribution >= 4 is 35.0 Å². The van der Waals surface area contributed by atoms with E-state index in [1.165, 1.54) is 4.90 Å². The van der Waals surface area contributed by atoms with E-state index in [4.69, 9.17) is 21.1 Å². The number of hydrogen-bond acceptors (Lipinski definition) is 5. The molecule has 1 fully saturated rings. The fourth-order valence-corrected chi connectivity index (χ4v) is 3.81. The lowest BCUT2D eigenvalue weighted by Crippen LogP contribution is -2.45. The van der Waals surface area contributed by atoms with Gasteiger partial charge in [0.05, 0.1) is 12.1 Å². The Labute approximate surface area is 179 Å². The van der Waals surface area contributed by atoms with Crippen LogP contribution in [0.15, 0.2) is 42.5 Å². The highest BCUT2D eigenvalue weighted by Gasteiger charge is 2.44. The standard InChI is InChI=1S/C22H21ClN2O5/c1-2-3-20(26)24(12-14-4-9-18-19(10-14)30-13-29-18)17-11-21(27)25(22(17)28)16-7-5-15(23)6-8-16/h4-10,17H,2-3,11-13H2,1H3. The summed E-state index contributed by atoms with van der Waals surface area (Å²) in [5, 5.41) is 0.511. The lowest BCUT2D eigenvalue weighted by molar-refractivity contribution is -0.139. The molecule has 0 N–H and O–H groups in total. The van der Waals surface area contributed by atoms with E-state index in [0.29, 0.717) is 35.1 Å². The van der Waals surface area contributed by atoms with Gasteiger partial charge in [0, 0.05) is 18.0 Å². The van der Waals surface area contributed by atoms with E-state index in [-0.39, 0.29) is 31.6 Å². The molecule has 0 radical (unpaired) electrons. The first-order chi connectivity index (χ1) is 14.5. The summed E-state index contributed by atoms with van der Waals surface area (Å²) in [5.41, 5.74) is 1.25. The first-order valence-electron chi connectivity index (χ1n) is 9.78. The Morgan fingerprint density at radius 1 is 1.13 bits per heavy atom. The van der Waals surface area contributed by atoms with Crippen molar-refractivity contribution in [3.63, 3.8) is 0 Å². The normalized spacial score (nSPS) is 17.5. The summed E-state index contributed by atoms with van der Waals surface area (Å²) in [6.07, 6.45) is 0.886. The molecule has 2 aromatic rings. The molecule has 0 saturated carbocycles. The van der Waals surface area contributed by atoms with Crippen molar-refractivity contribution in [2.45, 2.75) is 38.8 Å². The predicted octanol–water partition coefficient (Wildman–Crippen LogP) is 3.53. The van der Waals surface area contributed by atoms with Gasteiger partial charge in [0.1, 0.15) is 6.04 Å². The Bertz CT molecular complexity index is 992. The molecule has 2 heterocycles. The molecule has 2 aromatic carbocycles. The molecule has 0 spiro atoms. The molecule has 4 rings (SSSR count). The lowest BCUT2D eigenvalue weighted by atomic mass is 10.1. The van der Waals surface area contributed by atoms with E-state index in [9.17, 15) is 14.4 Å². The van der Waals surface area contributed by atoms with Crippen LogP contribution in [0.25, 0.3) is 0 Å². The van der Waals surface area contributed by atoms with Gasteiger partial charge in [0.15, 0.2) is 11.5 Å². The van der Waals surface area contributed by atoms with Crippen LogP contribution < -0.4 is 14.4 Å². The van der Waals surface area contributed by atoms with Crippen molar-refractivity contribution in [2.75, 3.05) is 11.7 Å². The first-order valence-corrected chi connectivity index (χ1v) is 10.2. The fourth-order valence-electron chi connectivity index (χ4n) is 3.69. The summed E-state index contributed by atoms with van der Waals surface area (Å²) < 4.78 is 10.7. The van der Waals surface area contributed by atoms with Crippen LogP contribution in [0.1, 0.15) is 31.7 Å². The van der Waals surface area contributed by atoms with Gasteiger partial charge in [0.2, 0.25) is 18.6 Å². The quantitative estimate of drug-likeness (QED) is 0.658. The maximum Gasteiger partial charge on any atom is 0.257 e. The Morgan fingerprint density at radius 3 is 2.60 bits per heavy atom. The number of benzene rings is 2. The molecule has 1 unspecified atom stereocenters. The molecule has 2 aliphatic rings. The third kappa shape index (κ3) is 3.85. The molecule has 3 amide bonds. The number of carbonyl (C=O) groups excluding carboxylic acids is 3. The van der Waals surface area contributed by atoms with E-state index in [1.807, 2.05) is 13.0 Å². The van der Waals surface area contributed by atoms with E-state index < -0.39 is 11.9 Å². The number of imide groups is 1. The molecule has 156 valence electrons. The minimum atomic E-state index is -0.849. The van der Waals surface area contributed by atoms with Crippen molar-refractivity contribution in [1.82, 2.24) is 4.90 Å². The molecular weight excluding hydrogens is 408 g/mol. The fraction of sp³-hybridized carbons (Fsp3) is 0.318. The molecule has 7 nitrogen and oxygen atoms in total. The largest absolute Gasteiger partial charge is 0.454 e. The minimum absolute atomic E-state index is 0.0541. The Kier molecular flexibility index (Phi) is 5.63. The van der Waals surface area contributed by atoms with E-state index in [1.54, 1.807) is 36.4 Å². The number of rotatable bonds is 6. The summed E-state index contributed by atoms with van der Waals surface area (Å²) in [6.45, 7) is 2.26. The smallest absolute Gasteiger partial charge is 0.257 e. The number of fused-ring (bicyclic) bond motifs is 1. The van der Waals surface area contributed by atoms with Crippen molar-refractivity contribution in [1.29, 1.82) is 0 Å². The number of hydrogen-bond donors (Lipinski definition) is 0. The van der Waals surface area contributed by atoms with Gasteiger partial charge < -0.3 is 14.4 Å². The third-order valence-electron chi connectivity index (χ3n) is 5.16. The number of ether oxygens (including phenoxy) is 2. The van der Waals surface area contributed by atoms with Gasteiger partial charge in [-0.3, -0.25) is 14.4 Å². The number of amides is 3. The second kappa shape index (κ2) is 8.36. The molecule has 1 saturated heterocycles. The highest BCUT2D eigenvalue weighted by molar-refractivity contribution is 6.30. The lowest BCUT2D eigenvalue weighted by Gasteiger charge is -2.28. The minimum Gasteiger partial charge on any atom is -0.454 e. The van der Waals surface area contributed by atoms with E-state index in [0.717, 1.165) is 10.5 Å². The first kappa shape index (κ1) is 20.2. The Hall–Kier alpha value is -3.06. The molecule has 1 atom stereocenters. The molecule has 0 aromatic heterocycles. The van der Waals surface area contributed by atoms with Crippen LogP contribution in [0, 0.1) is 0 Å². The van der Waals surface area contributed by atoms with Gasteiger partial charge in [0.25, 0.3) is 5.91 Å². The van der Waals surface area contributed by atoms with Crippen LogP contribution in [-0.4, -0.2) is 35.5 Å². The molecule has 0 bridgehead atoms. The van der Waals surface area contributed by atoms with Gasteiger partial charge in [-0.05, 0) is 48.4 Å². The Morgan fingerprint density at radius 2 is 1.87 bits per heavy atom. The Balaban J connectivity index is 1.60. The summed E-state index contributed by atoms with van der Waals surface area (Å²) in [5.74, 6) is 0.331. The van der Waals surface area contributed by atoms with E-state index in [2.05, 4.69) is 0 Å². The summed E-state index contributed by atoms with van der Waals surface area (Å²) in [6, 6.07) is 11.0. The second-order valence-electron chi connectivity index (χ2n) is 7.22. The maximum absolute atomic E-state index is 13.2. The van der Waals surface area contributed by atoms with Crippen LogP contribution in [0.4, 0.5) is 5.69 Å². The van der Waals surface area contributed by atoms with Crippen LogP contribution in [0.3, 0.4) is 0 Å². The van der Waals surface area contributed by atoms with Crippen molar-refractivity contribution in [3.8, 4) is 11.5 Å². The number of anilines is 1. The molecule has 30 heavy (non-hydrogen) atoms. The predicted molar refractivity (Wildman–Crippen MR) is 110 cm³/mol. The SMILES string of the molecule is CCCC(=O)N(Cc1ccc2c(c1)OCO2)C1CC(=O)N(c2ccc(Cl)cc2)C1=O. The van der Waals surface area contributed by atoms with Crippen LogP contribution >= 0.6 is 11.6 Å². The number of nitrogens with zero attached hydrogens (tertiary/aromatic N) is 2. The molecule has 0 aliphatic carbocycles. The van der Waals surface area contributed by atoms with Gasteiger partial charge >= 0.3 is 0 Å². The average molecular weight is 429 g/mol. The number of carbonyl (C=O) groups is 3. The van der Waals surface area contributed by atoms with Crippen LogP contribution in [-0.2, 0) is 20.9 Å². The van der Waals surface area contributed by atoms with Crippen LogP contribution in [0.5, 0.6) is 11.5 Å². The summed E-state index contributed by atoms with van der Waals surface area (Å²) in [4.78, 5) is 41.3. The topological polar surface area (TPSA) is 76.2 Å². The zero-order valence-electron chi connectivity index (χ0n) is 16.5. The van der Waals surface area contributed by atoms with E-state index >= 15 is 0 Å². The highest BCUT2D eigenvalue weighted by Crippen LogP contribution is 2.34. The monoisotopic (exact) mass is 428 g/mol. The van der Waals surface area contributed by atoms with Gasteiger partial charge in [-0.25, -0.2) is 4.90 Å². The molecule has 8 heteroatoms. The maximum atomic E-state index is 13.2. The van der Waals surface area contributed by atoms with Crippen molar-refractivity contribution in [2.24, 2.45) is 0 Å². The van der Waals surface area contributed by atoms with Crippen molar-refractivity contribution < 1.29 is 23.9 Å². The van der Waals surface area contributed by atoms with Gasteiger partial charge in [-0.15, -0.1) is 0 Å². The zero-order chi connectivity index (χ0) is 21.3. The number of halogens is 1. The molecule has 2 aliphatic heterocycles. The van der Waals surface area contributed by atoms with Gasteiger partial charge in [-0.2, -0.15) is 0 Å². The third-order valence-corrected chi connectivity index (χ3v) is 5.41. The van der Waals surface area contributed by atoms with Crippen LogP contribution in [0.2, 0.25) is 5.02 Å². The zero-order valence-corrected chi connectivity index (χ0v) is 17.2. The second-order valence-corrected chi connectivity index (χ2v) is 7.66. The summed E-state index contributed by atoms with van der Waals surface area (Å²) in [7, 11) is 0. The molecular formula is C22H21ClN2O5.